The van der Waals surface area contributed by atoms with Crippen LogP contribution in [-0.2, 0) is 9.59 Å². The highest BCUT2D eigenvalue weighted by Gasteiger charge is 2.21. The fraction of sp³-hybridized carbons (Fsp3) is 0.500. The minimum absolute atomic E-state index is 0.0140. The Morgan fingerprint density at radius 2 is 2.45 bits per heavy atom. The van der Waals surface area contributed by atoms with Crippen LogP contribution in [0, 0.1) is 5.92 Å². The molecule has 0 spiro atoms. The molecule has 3 nitrogen and oxygen atoms in total. The number of carbonyl (C=O) groups is 2. The second-order valence-electron chi connectivity index (χ2n) is 2.87. The van der Waals surface area contributed by atoms with E-state index in [-0.39, 0.29) is 18.1 Å². The third-order valence-corrected chi connectivity index (χ3v) is 1.69. The molecule has 1 unspecified atom stereocenters. The standard InChI is InChI=1S/C8H10O3/c1-5-2-6(4-8(10)11)7(9)3-5/h2,5H,3-4H2,1H3,(H,10,11). The molecule has 0 heterocycles. The third-order valence-electron chi connectivity index (χ3n) is 1.69. The van der Waals surface area contributed by atoms with Gasteiger partial charge in [0.25, 0.3) is 0 Å². The molecule has 11 heavy (non-hydrogen) atoms. The van der Waals surface area contributed by atoms with Crippen molar-refractivity contribution in [3.8, 4) is 0 Å². The van der Waals surface area contributed by atoms with Gasteiger partial charge in [0.15, 0.2) is 5.78 Å². The third kappa shape index (κ3) is 1.90. The zero-order chi connectivity index (χ0) is 8.43. The summed E-state index contributed by atoms with van der Waals surface area (Å²) in [6, 6.07) is 0. The Labute approximate surface area is 64.7 Å². The van der Waals surface area contributed by atoms with Crippen molar-refractivity contribution in [3.05, 3.63) is 11.6 Å². The molecular formula is C8H10O3. The second-order valence-corrected chi connectivity index (χ2v) is 2.87. The number of Topliss-reactive ketones (excluding diaryl/α,β-unsaturated/α-hetero) is 1. The lowest BCUT2D eigenvalue weighted by Crippen LogP contribution is -2.03. The average Bonchev–Trinajstić information content (AvgIpc) is 2.09. The topological polar surface area (TPSA) is 54.4 Å². The minimum Gasteiger partial charge on any atom is -0.481 e. The van der Waals surface area contributed by atoms with Crippen LogP contribution in [0.25, 0.3) is 0 Å². The Hall–Kier alpha value is -1.12. The van der Waals surface area contributed by atoms with E-state index in [2.05, 4.69) is 0 Å². The molecule has 0 aromatic carbocycles. The molecule has 0 bridgehead atoms. The van der Waals surface area contributed by atoms with Crippen molar-refractivity contribution in [3.63, 3.8) is 0 Å². The molecule has 1 aliphatic rings. The molecule has 0 saturated heterocycles. The Kier molecular flexibility index (Phi) is 2.08. The van der Waals surface area contributed by atoms with Crippen molar-refractivity contribution >= 4 is 11.8 Å². The molecule has 0 saturated carbocycles. The number of carbonyl (C=O) groups excluding carboxylic acids is 1. The van der Waals surface area contributed by atoms with Crippen molar-refractivity contribution in [2.24, 2.45) is 5.92 Å². The normalized spacial score (nSPS) is 23.5. The van der Waals surface area contributed by atoms with Gasteiger partial charge in [-0.2, -0.15) is 0 Å². The molecule has 0 radical (unpaired) electrons. The van der Waals surface area contributed by atoms with Crippen LogP contribution in [0.5, 0.6) is 0 Å². The number of carboxylic acid groups (broad SMARTS) is 1. The van der Waals surface area contributed by atoms with Crippen molar-refractivity contribution in [2.45, 2.75) is 19.8 Å². The molecule has 1 atom stereocenters. The summed E-state index contributed by atoms with van der Waals surface area (Å²) in [5, 5.41) is 8.38. The van der Waals surface area contributed by atoms with Gasteiger partial charge in [-0.1, -0.05) is 13.0 Å². The molecule has 3 heteroatoms. The first kappa shape index (κ1) is 7.98. The van der Waals surface area contributed by atoms with Crippen LogP contribution in [0.4, 0.5) is 0 Å². The summed E-state index contributed by atoms with van der Waals surface area (Å²) in [7, 11) is 0. The van der Waals surface area contributed by atoms with E-state index >= 15 is 0 Å². The van der Waals surface area contributed by atoms with Crippen LogP contribution < -0.4 is 0 Å². The monoisotopic (exact) mass is 154 g/mol. The van der Waals surface area contributed by atoms with Crippen LogP contribution in [0.2, 0.25) is 0 Å². The molecule has 0 aliphatic heterocycles. The van der Waals surface area contributed by atoms with Gasteiger partial charge in [-0.15, -0.1) is 0 Å². The molecule has 0 amide bonds. The van der Waals surface area contributed by atoms with Crippen molar-refractivity contribution in [1.82, 2.24) is 0 Å². The van der Waals surface area contributed by atoms with Gasteiger partial charge < -0.3 is 5.11 Å². The van der Waals surface area contributed by atoms with Gasteiger partial charge >= 0.3 is 5.97 Å². The van der Waals surface area contributed by atoms with Crippen LogP contribution in [0.1, 0.15) is 19.8 Å². The van der Waals surface area contributed by atoms with E-state index in [9.17, 15) is 9.59 Å². The first-order chi connectivity index (χ1) is 5.09. The number of allylic oxidation sites excluding steroid dienone is 1. The maximum Gasteiger partial charge on any atom is 0.307 e. The number of rotatable bonds is 2. The maximum absolute atomic E-state index is 11.0. The number of hydrogen-bond donors (Lipinski definition) is 1. The van der Waals surface area contributed by atoms with E-state index in [4.69, 9.17) is 5.11 Å². The SMILES string of the molecule is CC1C=C(CC(=O)O)C(=O)C1. The number of aliphatic carboxylic acids is 1. The summed E-state index contributed by atoms with van der Waals surface area (Å²) in [5.41, 5.74) is 0.463. The van der Waals surface area contributed by atoms with E-state index in [0.29, 0.717) is 12.0 Å². The van der Waals surface area contributed by atoms with E-state index in [1.54, 1.807) is 6.08 Å². The van der Waals surface area contributed by atoms with Gasteiger partial charge in [0, 0.05) is 12.0 Å². The second kappa shape index (κ2) is 2.86. The lowest BCUT2D eigenvalue weighted by atomic mass is 10.1. The van der Waals surface area contributed by atoms with Crippen LogP contribution in [0.3, 0.4) is 0 Å². The highest BCUT2D eigenvalue weighted by molar-refractivity contribution is 6.01. The zero-order valence-corrected chi connectivity index (χ0v) is 6.33. The van der Waals surface area contributed by atoms with Gasteiger partial charge in [-0.3, -0.25) is 9.59 Å². The first-order valence-corrected chi connectivity index (χ1v) is 3.55. The van der Waals surface area contributed by atoms with E-state index < -0.39 is 5.97 Å². The molecule has 60 valence electrons. The lowest BCUT2D eigenvalue weighted by Gasteiger charge is -1.92. The van der Waals surface area contributed by atoms with Gasteiger partial charge in [0.1, 0.15) is 0 Å². The van der Waals surface area contributed by atoms with Crippen molar-refractivity contribution in [2.75, 3.05) is 0 Å². The summed E-state index contributed by atoms with van der Waals surface area (Å²) in [6.07, 6.45) is 2.10. The molecule has 0 fully saturated rings. The van der Waals surface area contributed by atoms with Crippen LogP contribution >= 0.6 is 0 Å². The predicted octanol–water partition coefficient (Wildman–Crippen LogP) is 0.996. The Morgan fingerprint density at radius 1 is 1.82 bits per heavy atom. The molecular weight excluding hydrogens is 144 g/mol. The Bertz CT molecular complexity index is 227. The van der Waals surface area contributed by atoms with Gasteiger partial charge in [0.05, 0.1) is 6.42 Å². The summed E-state index contributed by atoms with van der Waals surface area (Å²) >= 11 is 0. The van der Waals surface area contributed by atoms with Crippen molar-refractivity contribution in [1.29, 1.82) is 0 Å². The highest BCUT2D eigenvalue weighted by Crippen LogP contribution is 2.22. The van der Waals surface area contributed by atoms with E-state index in [0.717, 1.165) is 0 Å². The van der Waals surface area contributed by atoms with Crippen molar-refractivity contribution < 1.29 is 14.7 Å². The van der Waals surface area contributed by atoms with Gasteiger partial charge in [0.2, 0.25) is 0 Å². The zero-order valence-electron chi connectivity index (χ0n) is 6.33. The largest absolute Gasteiger partial charge is 0.481 e. The fourth-order valence-electron chi connectivity index (χ4n) is 1.24. The molecule has 1 aliphatic carbocycles. The fourth-order valence-corrected chi connectivity index (χ4v) is 1.24. The Morgan fingerprint density at radius 3 is 2.82 bits per heavy atom. The summed E-state index contributed by atoms with van der Waals surface area (Å²) in [5.74, 6) is -0.726. The molecule has 1 N–H and O–H groups in total. The lowest BCUT2D eigenvalue weighted by molar-refractivity contribution is -0.136. The summed E-state index contributed by atoms with van der Waals surface area (Å²) in [6.45, 7) is 1.91. The van der Waals surface area contributed by atoms with E-state index in [1.807, 2.05) is 6.92 Å². The number of hydrogen-bond acceptors (Lipinski definition) is 2. The minimum atomic E-state index is -0.932. The maximum atomic E-state index is 11.0. The number of carboxylic acids is 1. The molecule has 1 rings (SSSR count). The van der Waals surface area contributed by atoms with Gasteiger partial charge in [-0.25, -0.2) is 0 Å². The Balaban J connectivity index is 2.64. The molecule has 0 aromatic heterocycles. The highest BCUT2D eigenvalue weighted by atomic mass is 16.4. The van der Waals surface area contributed by atoms with Crippen LogP contribution in [-0.4, -0.2) is 16.9 Å². The first-order valence-electron chi connectivity index (χ1n) is 3.55. The molecule has 0 aromatic rings. The summed E-state index contributed by atoms with van der Waals surface area (Å²) in [4.78, 5) is 21.2. The van der Waals surface area contributed by atoms with Crippen LogP contribution in [0.15, 0.2) is 11.6 Å². The number of ketones is 1. The average molecular weight is 154 g/mol. The predicted molar refractivity (Wildman–Crippen MR) is 39.1 cm³/mol. The van der Waals surface area contributed by atoms with Gasteiger partial charge in [-0.05, 0) is 5.92 Å². The summed E-state index contributed by atoms with van der Waals surface area (Å²) < 4.78 is 0. The van der Waals surface area contributed by atoms with E-state index in [1.165, 1.54) is 0 Å². The quantitative estimate of drug-likeness (QED) is 0.645. The smallest absolute Gasteiger partial charge is 0.307 e.